The van der Waals surface area contributed by atoms with E-state index < -0.39 is 0 Å². The van der Waals surface area contributed by atoms with E-state index in [1.165, 1.54) is 0 Å². The first-order valence-electron chi connectivity index (χ1n) is 5.11. The topological polar surface area (TPSA) is 64.9 Å². The molecule has 0 spiro atoms. The van der Waals surface area contributed by atoms with Crippen molar-refractivity contribution in [3.8, 4) is 11.5 Å². The van der Waals surface area contributed by atoms with Gasteiger partial charge < -0.3 is 10.3 Å². The fraction of sp³-hybridized carbons (Fsp3) is 0.273. The number of hydrogen-bond donors (Lipinski definition) is 1. The summed E-state index contributed by atoms with van der Waals surface area (Å²) in [5.74, 6) is 1.22. The first kappa shape index (κ1) is 12.7. The van der Waals surface area contributed by atoms with E-state index >= 15 is 0 Å². The molecule has 4 nitrogen and oxygen atoms in total. The Hall–Kier alpha value is -0.720. The molecule has 0 amide bonds. The maximum atomic E-state index is 5.57. The molecule has 1 aromatic carbocycles. The zero-order valence-corrected chi connectivity index (χ0v) is 12.3. The minimum absolute atomic E-state index is 0.0958. The van der Waals surface area contributed by atoms with Gasteiger partial charge in [-0.2, -0.15) is 4.98 Å². The van der Waals surface area contributed by atoms with Crippen LogP contribution in [0.25, 0.3) is 11.5 Å². The van der Waals surface area contributed by atoms with E-state index in [9.17, 15) is 0 Å². The van der Waals surface area contributed by atoms with Gasteiger partial charge in [-0.25, -0.2) is 0 Å². The Kier molecular flexibility index (Phi) is 3.96. The van der Waals surface area contributed by atoms with Crippen molar-refractivity contribution < 1.29 is 4.52 Å². The summed E-state index contributed by atoms with van der Waals surface area (Å²) in [5.41, 5.74) is 6.43. The highest BCUT2D eigenvalue weighted by atomic mass is 79.9. The Balaban J connectivity index is 2.40. The van der Waals surface area contributed by atoms with Crippen LogP contribution >= 0.6 is 31.9 Å². The zero-order chi connectivity index (χ0) is 12.4. The summed E-state index contributed by atoms with van der Waals surface area (Å²) in [5, 5.41) is 3.93. The molecular weight excluding hydrogens is 350 g/mol. The monoisotopic (exact) mass is 359 g/mol. The van der Waals surface area contributed by atoms with Crippen LogP contribution in [-0.2, 0) is 0 Å². The van der Waals surface area contributed by atoms with Gasteiger partial charge in [0, 0.05) is 21.4 Å². The SMILES string of the molecule is CC(CN)c1noc(-c2cc(Br)ccc2Br)n1. The van der Waals surface area contributed by atoms with Crippen molar-refractivity contribution in [1.82, 2.24) is 10.1 Å². The molecule has 1 aromatic heterocycles. The summed E-state index contributed by atoms with van der Waals surface area (Å²) in [4.78, 5) is 4.34. The van der Waals surface area contributed by atoms with Crippen LogP contribution in [0.4, 0.5) is 0 Å². The van der Waals surface area contributed by atoms with E-state index in [0.717, 1.165) is 14.5 Å². The van der Waals surface area contributed by atoms with E-state index in [0.29, 0.717) is 18.3 Å². The second kappa shape index (κ2) is 5.29. The molecule has 1 atom stereocenters. The molecule has 0 aliphatic carbocycles. The van der Waals surface area contributed by atoms with E-state index in [4.69, 9.17) is 10.3 Å². The number of aromatic nitrogens is 2. The Labute approximate surface area is 116 Å². The average molecular weight is 361 g/mol. The third-order valence-corrected chi connectivity index (χ3v) is 3.58. The standard InChI is InChI=1S/C11H11Br2N3O/c1-6(5-14)10-15-11(17-16-10)8-4-7(12)2-3-9(8)13/h2-4,6H,5,14H2,1H3. The van der Waals surface area contributed by atoms with Gasteiger partial charge in [-0.3, -0.25) is 0 Å². The molecule has 0 bridgehead atoms. The maximum absolute atomic E-state index is 5.57. The van der Waals surface area contributed by atoms with E-state index in [1.807, 2.05) is 25.1 Å². The van der Waals surface area contributed by atoms with Crippen molar-refractivity contribution in [2.75, 3.05) is 6.54 Å². The second-order valence-corrected chi connectivity index (χ2v) is 5.49. The van der Waals surface area contributed by atoms with Crippen molar-refractivity contribution in [2.24, 2.45) is 5.73 Å². The molecule has 0 saturated heterocycles. The quantitative estimate of drug-likeness (QED) is 0.911. The molecule has 2 rings (SSSR count). The first-order chi connectivity index (χ1) is 8.11. The smallest absolute Gasteiger partial charge is 0.259 e. The van der Waals surface area contributed by atoms with Gasteiger partial charge in [0.2, 0.25) is 0 Å². The van der Waals surface area contributed by atoms with Crippen LogP contribution in [-0.4, -0.2) is 16.7 Å². The van der Waals surface area contributed by atoms with E-state index in [-0.39, 0.29) is 5.92 Å². The second-order valence-electron chi connectivity index (χ2n) is 3.72. The fourth-order valence-corrected chi connectivity index (χ4v) is 2.09. The van der Waals surface area contributed by atoms with Gasteiger partial charge in [0.25, 0.3) is 5.89 Å². The third-order valence-electron chi connectivity index (χ3n) is 2.39. The van der Waals surface area contributed by atoms with Crippen LogP contribution in [0.5, 0.6) is 0 Å². The molecular formula is C11H11Br2N3O. The molecule has 0 aliphatic heterocycles. The number of nitrogens with zero attached hydrogens (tertiary/aromatic N) is 2. The van der Waals surface area contributed by atoms with Crippen molar-refractivity contribution in [3.05, 3.63) is 33.0 Å². The number of hydrogen-bond acceptors (Lipinski definition) is 4. The van der Waals surface area contributed by atoms with Crippen LogP contribution in [0.2, 0.25) is 0 Å². The predicted octanol–water partition coefficient (Wildman–Crippen LogP) is 3.32. The summed E-state index contributed by atoms with van der Waals surface area (Å²) in [6.45, 7) is 2.46. The summed E-state index contributed by atoms with van der Waals surface area (Å²) in [6.07, 6.45) is 0. The summed E-state index contributed by atoms with van der Waals surface area (Å²) < 4.78 is 7.12. The Morgan fingerprint density at radius 1 is 1.41 bits per heavy atom. The molecule has 90 valence electrons. The third kappa shape index (κ3) is 2.75. The molecule has 0 saturated carbocycles. The number of benzene rings is 1. The lowest BCUT2D eigenvalue weighted by Crippen LogP contribution is -2.10. The average Bonchev–Trinajstić information content (AvgIpc) is 2.80. The van der Waals surface area contributed by atoms with Crippen molar-refractivity contribution >= 4 is 31.9 Å². The lowest BCUT2D eigenvalue weighted by molar-refractivity contribution is 0.417. The van der Waals surface area contributed by atoms with Crippen LogP contribution in [0, 0.1) is 0 Å². The number of rotatable bonds is 3. The minimum Gasteiger partial charge on any atom is -0.334 e. The van der Waals surface area contributed by atoms with E-state index in [1.54, 1.807) is 0 Å². The Morgan fingerprint density at radius 2 is 2.18 bits per heavy atom. The van der Waals surface area contributed by atoms with Crippen molar-refractivity contribution in [3.63, 3.8) is 0 Å². The number of halogens is 2. The molecule has 1 unspecified atom stereocenters. The van der Waals surface area contributed by atoms with Gasteiger partial charge in [0.05, 0.1) is 5.56 Å². The minimum atomic E-state index is 0.0958. The van der Waals surface area contributed by atoms with Gasteiger partial charge in [-0.1, -0.05) is 28.0 Å². The van der Waals surface area contributed by atoms with Crippen LogP contribution in [0.1, 0.15) is 18.7 Å². The molecule has 0 radical (unpaired) electrons. The normalized spacial score (nSPS) is 12.7. The summed E-state index contributed by atoms with van der Waals surface area (Å²) in [6, 6.07) is 5.79. The Bertz CT molecular complexity index is 527. The number of nitrogens with two attached hydrogens (primary N) is 1. The first-order valence-corrected chi connectivity index (χ1v) is 6.69. The highest BCUT2D eigenvalue weighted by Gasteiger charge is 2.15. The van der Waals surface area contributed by atoms with Gasteiger partial charge >= 0.3 is 0 Å². The molecule has 1 heterocycles. The van der Waals surface area contributed by atoms with Crippen molar-refractivity contribution in [1.29, 1.82) is 0 Å². The van der Waals surface area contributed by atoms with E-state index in [2.05, 4.69) is 42.0 Å². The molecule has 6 heteroatoms. The van der Waals surface area contributed by atoms with Gasteiger partial charge in [0.15, 0.2) is 5.82 Å². The largest absolute Gasteiger partial charge is 0.334 e. The zero-order valence-electron chi connectivity index (χ0n) is 9.15. The van der Waals surface area contributed by atoms with Crippen LogP contribution in [0.3, 0.4) is 0 Å². The highest BCUT2D eigenvalue weighted by molar-refractivity contribution is 9.11. The van der Waals surface area contributed by atoms with Crippen molar-refractivity contribution in [2.45, 2.75) is 12.8 Å². The Morgan fingerprint density at radius 3 is 2.88 bits per heavy atom. The molecule has 2 aromatic rings. The molecule has 0 fully saturated rings. The molecule has 0 aliphatic rings. The summed E-state index contributed by atoms with van der Waals surface area (Å²) in [7, 11) is 0. The maximum Gasteiger partial charge on any atom is 0.259 e. The predicted molar refractivity (Wildman–Crippen MR) is 72.6 cm³/mol. The van der Waals surface area contributed by atoms with Crippen LogP contribution in [0.15, 0.2) is 31.7 Å². The summed E-state index contributed by atoms with van der Waals surface area (Å²) >= 11 is 6.87. The van der Waals surface area contributed by atoms with Gasteiger partial charge in [-0.05, 0) is 34.1 Å². The van der Waals surface area contributed by atoms with Gasteiger partial charge in [-0.15, -0.1) is 0 Å². The van der Waals surface area contributed by atoms with Crippen LogP contribution < -0.4 is 5.73 Å². The lowest BCUT2D eigenvalue weighted by Gasteiger charge is -2.00. The lowest BCUT2D eigenvalue weighted by atomic mass is 10.2. The highest BCUT2D eigenvalue weighted by Crippen LogP contribution is 2.30. The fourth-order valence-electron chi connectivity index (χ4n) is 1.31. The molecule has 17 heavy (non-hydrogen) atoms. The molecule has 2 N–H and O–H groups in total. The van der Waals surface area contributed by atoms with Gasteiger partial charge in [0.1, 0.15) is 0 Å².